The topological polar surface area (TPSA) is 35.2 Å². The van der Waals surface area contributed by atoms with Gasteiger partial charge in [-0.15, -0.1) is 0 Å². The molecule has 2 N–H and O–H groups in total. The van der Waals surface area contributed by atoms with Crippen molar-refractivity contribution in [1.29, 1.82) is 0 Å². The second-order valence-electron chi connectivity index (χ2n) is 3.95. The summed E-state index contributed by atoms with van der Waals surface area (Å²) in [6.07, 6.45) is 0.941. The van der Waals surface area contributed by atoms with E-state index in [0.717, 1.165) is 23.1 Å². The van der Waals surface area contributed by atoms with Gasteiger partial charge in [-0.3, -0.25) is 0 Å². The maximum Gasteiger partial charge on any atom is 0.0465 e. The third kappa shape index (κ3) is 3.74. The molecule has 1 aromatic rings. The van der Waals surface area contributed by atoms with Gasteiger partial charge >= 0.3 is 0 Å². The summed E-state index contributed by atoms with van der Waals surface area (Å²) in [5.41, 5.74) is 7.26. The second-order valence-corrected chi connectivity index (χ2v) is 5.24. The number of methoxy groups -OCH3 is 1. The monoisotopic (exact) mass is 305 g/mol. The molecule has 0 saturated heterocycles. The van der Waals surface area contributed by atoms with Gasteiger partial charge in [-0.25, -0.2) is 0 Å². The Morgan fingerprint density at radius 3 is 2.81 bits per heavy atom. The lowest BCUT2D eigenvalue weighted by atomic mass is 9.93. The molecule has 90 valence electrons. The minimum atomic E-state index is -0.0248. The van der Waals surface area contributed by atoms with E-state index in [1.54, 1.807) is 7.11 Å². The molecule has 2 atom stereocenters. The summed E-state index contributed by atoms with van der Waals surface area (Å²) in [7, 11) is 1.70. The van der Waals surface area contributed by atoms with Gasteiger partial charge in [-0.1, -0.05) is 34.5 Å². The number of halogens is 2. The molecule has 0 aliphatic carbocycles. The highest BCUT2D eigenvalue weighted by Crippen LogP contribution is 2.30. The van der Waals surface area contributed by atoms with Crippen molar-refractivity contribution in [2.75, 3.05) is 13.7 Å². The number of ether oxygens (including phenoxy) is 1. The molecule has 1 rings (SSSR count). The van der Waals surface area contributed by atoms with Gasteiger partial charge in [0.15, 0.2) is 0 Å². The number of nitrogens with two attached hydrogens (primary N) is 1. The molecule has 4 heteroatoms. The van der Waals surface area contributed by atoms with Gasteiger partial charge in [0.2, 0.25) is 0 Å². The van der Waals surface area contributed by atoms with Gasteiger partial charge in [0, 0.05) is 29.3 Å². The molecule has 1 aromatic carbocycles. The Morgan fingerprint density at radius 2 is 2.19 bits per heavy atom. The molecule has 0 bridgehead atoms. The average Bonchev–Trinajstić information content (AvgIpc) is 2.28. The van der Waals surface area contributed by atoms with Crippen molar-refractivity contribution in [3.8, 4) is 0 Å². The highest BCUT2D eigenvalue weighted by molar-refractivity contribution is 9.10. The Kier molecular flexibility index (Phi) is 5.76. The Morgan fingerprint density at radius 1 is 1.50 bits per heavy atom. The Bertz CT molecular complexity index is 346. The summed E-state index contributed by atoms with van der Waals surface area (Å²) in [6, 6.07) is 5.67. The zero-order chi connectivity index (χ0) is 12.1. The summed E-state index contributed by atoms with van der Waals surface area (Å²) in [5.74, 6) is 0.356. The van der Waals surface area contributed by atoms with Crippen LogP contribution in [0.25, 0.3) is 0 Å². The molecule has 16 heavy (non-hydrogen) atoms. The van der Waals surface area contributed by atoms with Gasteiger partial charge < -0.3 is 10.5 Å². The third-order valence-electron chi connectivity index (χ3n) is 2.71. The number of hydrogen-bond donors (Lipinski definition) is 1. The summed E-state index contributed by atoms with van der Waals surface area (Å²) in [4.78, 5) is 0. The normalized spacial score (nSPS) is 14.8. The number of rotatable bonds is 5. The molecule has 2 nitrogen and oxygen atoms in total. The molecule has 0 aromatic heterocycles. The highest BCUT2D eigenvalue weighted by atomic mass is 79.9. The van der Waals surface area contributed by atoms with Crippen molar-refractivity contribution in [2.24, 2.45) is 11.7 Å². The smallest absolute Gasteiger partial charge is 0.0465 e. The molecule has 0 spiro atoms. The molecule has 0 fully saturated rings. The van der Waals surface area contributed by atoms with E-state index in [1.165, 1.54) is 0 Å². The van der Waals surface area contributed by atoms with Crippen LogP contribution in [0, 0.1) is 5.92 Å². The van der Waals surface area contributed by atoms with E-state index >= 15 is 0 Å². The van der Waals surface area contributed by atoms with Gasteiger partial charge in [-0.2, -0.15) is 0 Å². The molecule has 0 radical (unpaired) electrons. The van der Waals surface area contributed by atoms with Crippen LogP contribution in [0.2, 0.25) is 5.02 Å². The lowest BCUT2D eigenvalue weighted by molar-refractivity contribution is 0.174. The minimum absolute atomic E-state index is 0.0248. The lowest BCUT2D eigenvalue weighted by Crippen LogP contribution is -2.20. The maximum atomic E-state index is 6.20. The summed E-state index contributed by atoms with van der Waals surface area (Å²) < 4.78 is 6.07. The standard InChI is InChI=1S/C12H17BrClNO/c1-8(5-6-16-2)12(15)10-7-9(14)3-4-11(10)13/h3-4,7-8,12H,5-6,15H2,1-2H3. The van der Waals surface area contributed by atoms with Crippen LogP contribution in [-0.2, 0) is 4.74 Å². The lowest BCUT2D eigenvalue weighted by Gasteiger charge is -2.21. The summed E-state index contributed by atoms with van der Waals surface area (Å²) >= 11 is 9.47. The van der Waals surface area contributed by atoms with Crippen LogP contribution < -0.4 is 5.73 Å². The Balaban J connectivity index is 2.78. The first kappa shape index (κ1) is 14.0. The van der Waals surface area contributed by atoms with E-state index in [-0.39, 0.29) is 6.04 Å². The quantitative estimate of drug-likeness (QED) is 0.898. The van der Waals surface area contributed by atoms with Crippen LogP contribution in [0.1, 0.15) is 24.9 Å². The molecule has 2 unspecified atom stereocenters. The van der Waals surface area contributed by atoms with Crippen molar-refractivity contribution in [2.45, 2.75) is 19.4 Å². The first-order chi connectivity index (χ1) is 7.56. The van der Waals surface area contributed by atoms with E-state index < -0.39 is 0 Å². The fourth-order valence-electron chi connectivity index (χ4n) is 1.56. The van der Waals surface area contributed by atoms with E-state index in [9.17, 15) is 0 Å². The second kappa shape index (κ2) is 6.60. The predicted octanol–water partition coefficient (Wildman–Crippen LogP) is 3.77. The van der Waals surface area contributed by atoms with Crippen molar-refractivity contribution < 1.29 is 4.74 Å². The third-order valence-corrected chi connectivity index (χ3v) is 3.66. The van der Waals surface area contributed by atoms with Crippen molar-refractivity contribution >= 4 is 27.5 Å². The Labute approximate surface area is 110 Å². The van der Waals surface area contributed by atoms with Crippen molar-refractivity contribution in [3.05, 3.63) is 33.3 Å². The van der Waals surface area contributed by atoms with E-state index in [4.69, 9.17) is 22.1 Å². The summed E-state index contributed by atoms with van der Waals surface area (Å²) in [5, 5.41) is 0.715. The van der Waals surface area contributed by atoms with Gasteiger partial charge in [0.05, 0.1) is 0 Å². The zero-order valence-corrected chi connectivity index (χ0v) is 11.9. The van der Waals surface area contributed by atoms with E-state index in [1.807, 2.05) is 18.2 Å². The largest absolute Gasteiger partial charge is 0.385 e. The zero-order valence-electron chi connectivity index (χ0n) is 9.54. The van der Waals surface area contributed by atoms with Gasteiger partial charge in [-0.05, 0) is 36.1 Å². The minimum Gasteiger partial charge on any atom is -0.385 e. The Hall–Kier alpha value is -0.0900. The molecule has 0 aliphatic rings. The summed E-state index contributed by atoms with van der Waals surface area (Å²) in [6.45, 7) is 2.85. The van der Waals surface area contributed by atoms with Crippen molar-refractivity contribution in [1.82, 2.24) is 0 Å². The molecule has 0 amide bonds. The first-order valence-electron chi connectivity index (χ1n) is 5.25. The van der Waals surface area contributed by atoms with Crippen LogP contribution in [0.15, 0.2) is 22.7 Å². The van der Waals surface area contributed by atoms with Crippen LogP contribution in [0.5, 0.6) is 0 Å². The first-order valence-corrected chi connectivity index (χ1v) is 6.42. The van der Waals surface area contributed by atoms with Crippen molar-refractivity contribution in [3.63, 3.8) is 0 Å². The fourth-order valence-corrected chi connectivity index (χ4v) is 2.25. The average molecular weight is 307 g/mol. The molecular weight excluding hydrogens is 289 g/mol. The van der Waals surface area contributed by atoms with Crippen LogP contribution in [-0.4, -0.2) is 13.7 Å². The number of benzene rings is 1. The molecule has 0 heterocycles. The SMILES string of the molecule is COCCC(C)C(N)c1cc(Cl)ccc1Br. The van der Waals surface area contributed by atoms with Gasteiger partial charge in [0.25, 0.3) is 0 Å². The van der Waals surface area contributed by atoms with Crippen LogP contribution in [0.4, 0.5) is 0 Å². The van der Waals surface area contributed by atoms with Crippen LogP contribution in [0.3, 0.4) is 0 Å². The molecule has 0 saturated carbocycles. The van der Waals surface area contributed by atoms with Gasteiger partial charge in [0.1, 0.15) is 0 Å². The maximum absolute atomic E-state index is 6.20. The molecule has 0 aliphatic heterocycles. The molecular formula is C12H17BrClNO. The predicted molar refractivity (Wildman–Crippen MR) is 71.7 cm³/mol. The highest BCUT2D eigenvalue weighted by Gasteiger charge is 2.17. The van der Waals surface area contributed by atoms with E-state index in [0.29, 0.717) is 10.9 Å². The van der Waals surface area contributed by atoms with Crippen LogP contribution >= 0.6 is 27.5 Å². The number of hydrogen-bond acceptors (Lipinski definition) is 2. The van der Waals surface area contributed by atoms with E-state index in [2.05, 4.69) is 22.9 Å². The fraction of sp³-hybridized carbons (Fsp3) is 0.500.